The maximum absolute atomic E-state index is 5.98. The van der Waals surface area contributed by atoms with Crippen LogP contribution in [0.1, 0.15) is 50.2 Å². The minimum absolute atomic E-state index is 0.625. The van der Waals surface area contributed by atoms with Gasteiger partial charge in [-0.15, -0.1) is 0 Å². The molecule has 1 fully saturated rings. The molecule has 100 valence electrons. The van der Waals surface area contributed by atoms with Gasteiger partial charge in [-0.3, -0.25) is 0 Å². The van der Waals surface area contributed by atoms with Crippen LogP contribution in [0.5, 0.6) is 0 Å². The van der Waals surface area contributed by atoms with E-state index in [2.05, 4.69) is 25.2 Å². The van der Waals surface area contributed by atoms with E-state index in [0.29, 0.717) is 6.04 Å². The first kappa shape index (κ1) is 13.9. The van der Waals surface area contributed by atoms with Gasteiger partial charge in [0.15, 0.2) is 0 Å². The van der Waals surface area contributed by atoms with Gasteiger partial charge in [0.25, 0.3) is 0 Å². The van der Waals surface area contributed by atoms with Crippen LogP contribution in [0.2, 0.25) is 5.02 Å². The molecule has 0 radical (unpaired) electrons. The van der Waals surface area contributed by atoms with Crippen LogP contribution in [-0.2, 0) is 6.54 Å². The highest BCUT2D eigenvalue weighted by Gasteiger charge is 2.19. The van der Waals surface area contributed by atoms with Crippen LogP contribution in [0, 0.1) is 12.8 Å². The van der Waals surface area contributed by atoms with Crippen LogP contribution in [0.25, 0.3) is 0 Å². The Morgan fingerprint density at radius 3 is 2.67 bits per heavy atom. The summed E-state index contributed by atoms with van der Waals surface area (Å²) in [6.45, 7) is 5.43. The number of nitrogens with one attached hydrogen (secondary N) is 1. The van der Waals surface area contributed by atoms with Gasteiger partial charge in [-0.25, -0.2) is 0 Å². The molecular formula is C16H24ClN. The van der Waals surface area contributed by atoms with Crippen molar-refractivity contribution in [3.63, 3.8) is 0 Å². The molecule has 1 aromatic rings. The number of rotatable bonds is 4. The number of hydrogen-bond acceptors (Lipinski definition) is 1. The Hall–Kier alpha value is -0.530. The minimum Gasteiger partial charge on any atom is -0.310 e. The lowest BCUT2D eigenvalue weighted by atomic mass is 9.84. The van der Waals surface area contributed by atoms with E-state index in [1.54, 1.807) is 0 Å². The molecule has 1 atom stereocenters. The van der Waals surface area contributed by atoms with Crippen LogP contribution in [0.3, 0.4) is 0 Å². The fraction of sp³-hybridized carbons (Fsp3) is 0.625. The van der Waals surface area contributed by atoms with E-state index in [0.717, 1.165) is 17.5 Å². The second kappa shape index (κ2) is 6.58. The summed E-state index contributed by atoms with van der Waals surface area (Å²) >= 11 is 5.98. The molecule has 1 unspecified atom stereocenters. The van der Waals surface area contributed by atoms with Crippen LogP contribution < -0.4 is 5.32 Å². The molecule has 1 nitrogen and oxygen atoms in total. The van der Waals surface area contributed by atoms with E-state index < -0.39 is 0 Å². The Morgan fingerprint density at radius 1 is 1.28 bits per heavy atom. The Kier molecular flexibility index (Phi) is 5.08. The molecule has 1 aliphatic carbocycles. The zero-order chi connectivity index (χ0) is 13.0. The topological polar surface area (TPSA) is 12.0 Å². The van der Waals surface area contributed by atoms with Crippen molar-refractivity contribution in [3.8, 4) is 0 Å². The van der Waals surface area contributed by atoms with Crippen molar-refractivity contribution >= 4 is 11.6 Å². The summed E-state index contributed by atoms with van der Waals surface area (Å²) in [6, 6.07) is 6.79. The third-order valence-corrected chi connectivity index (χ3v) is 4.51. The Labute approximate surface area is 116 Å². The van der Waals surface area contributed by atoms with Crippen molar-refractivity contribution in [3.05, 3.63) is 34.3 Å². The van der Waals surface area contributed by atoms with Gasteiger partial charge in [0, 0.05) is 17.6 Å². The number of hydrogen-bond donors (Lipinski definition) is 1. The molecule has 0 aliphatic heterocycles. The SMILES string of the molecule is Cc1cc(Cl)ccc1CNC(C)C1CCCCC1. The standard InChI is InChI=1S/C16H24ClN/c1-12-10-16(17)9-8-15(12)11-18-13(2)14-6-4-3-5-7-14/h8-10,13-14,18H,3-7,11H2,1-2H3. The molecule has 0 heterocycles. The average Bonchev–Trinajstić information content (AvgIpc) is 2.38. The van der Waals surface area contributed by atoms with E-state index in [9.17, 15) is 0 Å². The van der Waals surface area contributed by atoms with Gasteiger partial charge < -0.3 is 5.32 Å². The summed E-state index contributed by atoms with van der Waals surface area (Å²) in [7, 11) is 0. The van der Waals surface area contributed by atoms with Crippen LogP contribution in [-0.4, -0.2) is 6.04 Å². The third-order valence-electron chi connectivity index (χ3n) is 4.28. The van der Waals surface area contributed by atoms with Gasteiger partial charge in [0.1, 0.15) is 0 Å². The molecule has 0 saturated heterocycles. The number of halogens is 1. The van der Waals surface area contributed by atoms with Crippen molar-refractivity contribution in [2.75, 3.05) is 0 Å². The van der Waals surface area contributed by atoms with Gasteiger partial charge in [0.2, 0.25) is 0 Å². The number of aryl methyl sites for hydroxylation is 1. The molecule has 0 amide bonds. The zero-order valence-electron chi connectivity index (χ0n) is 11.5. The monoisotopic (exact) mass is 265 g/mol. The Morgan fingerprint density at radius 2 is 2.00 bits per heavy atom. The Bertz CT molecular complexity index is 383. The van der Waals surface area contributed by atoms with Crippen molar-refractivity contribution < 1.29 is 0 Å². The molecule has 2 rings (SSSR count). The van der Waals surface area contributed by atoms with Crippen molar-refractivity contribution in [2.45, 2.75) is 58.5 Å². The summed E-state index contributed by atoms with van der Waals surface area (Å²) in [5.41, 5.74) is 2.65. The van der Waals surface area contributed by atoms with Gasteiger partial charge in [-0.05, 0) is 55.9 Å². The average molecular weight is 266 g/mol. The normalized spacial score (nSPS) is 18.8. The highest BCUT2D eigenvalue weighted by Crippen LogP contribution is 2.26. The second-order valence-corrected chi connectivity index (χ2v) is 6.07. The first-order chi connectivity index (χ1) is 8.66. The lowest BCUT2D eigenvalue weighted by molar-refractivity contribution is 0.280. The highest BCUT2D eigenvalue weighted by atomic mass is 35.5. The summed E-state index contributed by atoms with van der Waals surface area (Å²) < 4.78 is 0. The summed E-state index contributed by atoms with van der Waals surface area (Å²) in [4.78, 5) is 0. The zero-order valence-corrected chi connectivity index (χ0v) is 12.3. The molecule has 1 saturated carbocycles. The molecular weight excluding hydrogens is 242 g/mol. The molecule has 0 spiro atoms. The molecule has 0 bridgehead atoms. The lowest BCUT2D eigenvalue weighted by Gasteiger charge is -2.28. The van der Waals surface area contributed by atoms with E-state index in [1.807, 2.05) is 12.1 Å². The molecule has 1 aromatic carbocycles. The van der Waals surface area contributed by atoms with Crippen molar-refractivity contribution in [2.24, 2.45) is 5.92 Å². The van der Waals surface area contributed by atoms with Crippen molar-refractivity contribution in [1.82, 2.24) is 5.32 Å². The first-order valence-electron chi connectivity index (χ1n) is 7.15. The van der Waals surface area contributed by atoms with Crippen LogP contribution in [0.15, 0.2) is 18.2 Å². The first-order valence-corrected chi connectivity index (χ1v) is 7.53. The maximum atomic E-state index is 5.98. The predicted octanol–water partition coefficient (Wildman–Crippen LogP) is 4.71. The summed E-state index contributed by atoms with van der Waals surface area (Å²) in [6.07, 6.45) is 7.05. The molecule has 0 aromatic heterocycles. The number of benzene rings is 1. The quantitative estimate of drug-likeness (QED) is 0.832. The van der Waals surface area contributed by atoms with Crippen LogP contribution in [0.4, 0.5) is 0 Å². The van der Waals surface area contributed by atoms with Gasteiger partial charge >= 0.3 is 0 Å². The van der Waals surface area contributed by atoms with E-state index in [1.165, 1.54) is 43.2 Å². The molecule has 2 heteroatoms. The van der Waals surface area contributed by atoms with Gasteiger partial charge in [0.05, 0.1) is 0 Å². The van der Waals surface area contributed by atoms with E-state index >= 15 is 0 Å². The largest absolute Gasteiger partial charge is 0.310 e. The highest BCUT2D eigenvalue weighted by molar-refractivity contribution is 6.30. The fourth-order valence-corrected chi connectivity index (χ4v) is 3.16. The lowest BCUT2D eigenvalue weighted by Crippen LogP contribution is -2.34. The van der Waals surface area contributed by atoms with Crippen molar-refractivity contribution in [1.29, 1.82) is 0 Å². The second-order valence-electron chi connectivity index (χ2n) is 5.64. The summed E-state index contributed by atoms with van der Waals surface area (Å²) in [5, 5.41) is 4.52. The maximum Gasteiger partial charge on any atom is 0.0408 e. The fourth-order valence-electron chi connectivity index (χ4n) is 2.93. The smallest absolute Gasteiger partial charge is 0.0408 e. The van der Waals surface area contributed by atoms with Crippen LogP contribution >= 0.6 is 11.6 Å². The molecule has 1 aliphatic rings. The predicted molar refractivity (Wildman–Crippen MR) is 79.1 cm³/mol. The van der Waals surface area contributed by atoms with Gasteiger partial charge in [-0.1, -0.05) is 36.9 Å². The molecule has 1 N–H and O–H groups in total. The van der Waals surface area contributed by atoms with E-state index in [4.69, 9.17) is 11.6 Å². The minimum atomic E-state index is 0.625. The third kappa shape index (κ3) is 3.73. The Balaban J connectivity index is 1.86. The summed E-state index contributed by atoms with van der Waals surface area (Å²) in [5.74, 6) is 0.867. The van der Waals surface area contributed by atoms with E-state index in [-0.39, 0.29) is 0 Å². The molecule has 18 heavy (non-hydrogen) atoms. The van der Waals surface area contributed by atoms with Gasteiger partial charge in [-0.2, -0.15) is 0 Å².